The number of hydrogen-bond donors (Lipinski definition) is 2. The molecule has 0 bridgehead atoms. The Morgan fingerprint density at radius 1 is 1.32 bits per heavy atom. The van der Waals surface area contributed by atoms with Gasteiger partial charge in [0, 0.05) is 37.8 Å². The molecule has 1 saturated heterocycles. The highest BCUT2D eigenvalue weighted by molar-refractivity contribution is 6.01. The van der Waals surface area contributed by atoms with Gasteiger partial charge in [-0.05, 0) is 32.4 Å². The fourth-order valence-corrected chi connectivity index (χ4v) is 3.72. The van der Waals surface area contributed by atoms with Crippen LogP contribution >= 0.6 is 0 Å². The van der Waals surface area contributed by atoms with E-state index in [4.69, 9.17) is 4.74 Å². The largest absolute Gasteiger partial charge is 0.373 e. The summed E-state index contributed by atoms with van der Waals surface area (Å²) >= 11 is 0. The Bertz CT molecular complexity index is 639. The first kappa shape index (κ1) is 17.9. The number of ether oxygens (including phenoxy) is 1. The summed E-state index contributed by atoms with van der Waals surface area (Å²) in [6.07, 6.45) is 0.606. The van der Waals surface area contributed by atoms with Gasteiger partial charge in [-0.2, -0.15) is 0 Å². The van der Waals surface area contributed by atoms with Gasteiger partial charge in [0.25, 0.3) is 0 Å². The maximum Gasteiger partial charge on any atom is 0.228 e. The van der Waals surface area contributed by atoms with Crippen LogP contribution in [-0.4, -0.2) is 54.6 Å². The summed E-state index contributed by atoms with van der Waals surface area (Å²) in [6.45, 7) is 8.58. The van der Waals surface area contributed by atoms with Crippen LogP contribution in [0.5, 0.6) is 0 Å². The number of amides is 2. The van der Waals surface area contributed by atoms with E-state index in [0.717, 1.165) is 24.3 Å². The van der Waals surface area contributed by atoms with Gasteiger partial charge in [-0.25, -0.2) is 0 Å². The molecule has 4 atom stereocenters. The molecule has 2 heterocycles. The molecule has 25 heavy (non-hydrogen) atoms. The van der Waals surface area contributed by atoms with Crippen molar-refractivity contribution < 1.29 is 14.3 Å². The van der Waals surface area contributed by atoms with E-state index in [9.17, 15) is 9.59 Å². The van der Waals surface area contributed by atoms with Crippen LogP contribution in [-0.2, 0) is 14.3 Å². The second-order valence-electron chi connectivity index (χ2n) is 7.20. The van der Waals surface area contributed by atoms with Crippen molar-refractivity contribution in [3.63, 3.8) is 0 Å². The lowest BCUT2D eigenvalue weighted by atomic mass is 9.90. The molecule has 3 rings (SSSR count). The summed E-state index contributed by atoms with van der Waals surface area (Å²) in [5, 5.41) is 5.87. The summed E-state index contributed by atoms with van der Waals surface area (Å²) in [7, 11) is 0. The molecule has 6 nitrogen and oxygen atoms in total. The fraction of sp³-hybridized carbons (Fsp3) is 0.579. The van der Waals surface area contributed by atoms with E-state index < -0.39 is 5.92 Å². The molecular formula is C19H27N3O3. The number of anilines is 1. The van der Waals surface area contributed by atoms with Crippen LogP contribution in [0.1, 0.15) is 38.7 Å². The van der Waals surface area contributed by atoms with Crippen LogP contribution < -0.4 is 10.6 Å². The molecule has 0 aliphatic carbocycles. The predicted octanol–water partition coefficient (Wildman–Crippen LogP) is 1.73. The monoisotopic (exact) mass is 345 g/mol. The Kier molecular flexibility index (Phi) is 5.39. The second kappa shape index (κ2) is 7.54. The topological polar surface area (TPSA) is 70.7 Å². The normalized spacial score (nSPS) is 28.0. The smallest absolute Gasteiger partial charge is 0.228 e. The van der Waals surface area contributed by atoms with Crippen molar-refractivity contribution in [2.24, 2.45) is 0 Å². The van der Waals surface area contributed by atoms with E-state index in [1.807, 2.05) is 24.3 Å². The highest BCUT2D eigenvalue weighted by Crippen LogP contribution is 2.32. The molecule has 136 valence electrons. The molecule has 2 N–H and O–H groups in total. The van der Waals surface area contributed by atoms with Crippen molar-refractivity contribution in [1.29, 1.82) is 0 Å². The molecule has 2 amide bonds. The summed E-state index contributed by atoms with van der Waals surface area (Å²) < 4.78 is 5.76. The minimum absolute atomic E-state index is 0.0801. The number of para-hydroxylation sites is 1. The minimum atomic E-state index is -0.417. The maximum atomic E-state index is 12.7. The van der Waals surface area contributed by atoms with E-state index in [-0.39, 0.29) is 36.5 Å². The zero-order chi connectivity index (χ0) is 18.0. The Hall–Kier alpha value is -1.92. The van der Waals surface area contributed by atoms with Gasteiger partial charge in [0.1, 0.15) is 0 Å². The maximum absolute atomic E-state index is 12.7. The van der Waals surface area contributed by atoms with E-state index in [2.05, 4.69) is 36.3 Å². The molecule has 0 unspecified atom stereocenters. The van der Waals surface area contributed by atoms with E-state index in [1.54, 1.807) is 0 Å². The van der Waals surface area contributed by atoms with Crippen molar-refractivity contribution in [2.75, 3.05) is 25.0 Å². The van der Waals surface area contributed by atoms with Crippen molar-refractivity contribution in [3.05, 3.63) is 29.8 Å². The van der Waals surface area contributed by atoms with E-state index in [0.29, 0.717) is 6.54 Å². The standard InChI is InChI=1S/C19H27N3O3/c1-12(22-10-13(2)25-14(3)11-22)9-20-19(24)16-8-18(23)21-17-7-5-4-6-15(16)17/h4-7,12-14,16H,8-11H2,1-3H3,(H,20,24)(H,21,23)/t12-,13-,14-,16+/m1/s1. The number of rotatable bonds is 4. The number of nitrogens with zero attached hydrogens (tertiary/aromatic N) is 1. The van der Waals surface area contributed by atoms with E-state index in [1.165, 1.54) is 0 Å². The molecule has 0 radical (unpaired) electrons. The van der Waals surface area contributed by atoms with Gasteiger partial charge >= 0.3 is 0 Å². The van der Waals surface area contributed by atoms with Gasteiger partial charge in [0.15, 0.2) is 0 Å². The number of benzene rings is 1. The molecule has 1 fully saturated rings. The molecule has 2 aliphatic heterocycles. The van der Waals surface area contributed by atoms with Crippen molar-refractivity contribution in [3.8, 4) is 0 Å². The number of nitrogens with one attached hydrogen (secondary N) is 2. The lowest BCUT2D eigenvalue weighted by molar-refractivity contribution is -0.126. The Balaban J connectivity index is 1.60. The highest BCUT2D eigenvalue weighted by Gasteiger charge is 2.31. The van der Waals surface area contributed by atoms with Crippen LogP contribution in [0.3, 0.4) is 0 Å². The van der Waals surface area contributed by atoms with Gasteiger partial charge < -0.3 is 15.4 Å². The van der Waals surface area contributed by atoms with Gasteiger partial charge in [-0.1, -0.05) is 18.2 Å². The van der Waals surface area contributed by atoms with Crippen molar-refractivity contribution >= 4 is 17.5 Å². The van der Waals surface area contributed by atoms with Crippen LogP contribution in [0.2, 0.25) is 0 Å². The van der Waals surface area contributed by atoms with E-state index >= 15 is 0 Å². The lowest BCUT2D eigenvalue weighted by Gasteiger charge is -2.39. The average molecular weight is 345 g/mol. The first-order chi connectivity index (χ1) is 11.9. The lowest BCUT2D eigenvalue weighted by Crippen LogP contribution is -2.52. The molecule has 0 aromatic heterocycles. The molecule has 0 saturated carbocycles. The number of morpholine rings is 1. The number of hydrogen-bond acceptors (Lipinski definition) is 4. The summed E-state index contributed by atoms with van der Waals surface area (Å²) in [5.41, 5.74) is 1.63. The van der Waals surface area contributed by atoms with Crippen molar-refractivity contribution in [1.82, 2.24) is 10.2 Å². The summed E-state index contributed by atoms with van der Waals surface area (Å²) in [5.74, 6) is -0.606. The Morgan fingerprint density at radius 2 is 2.00 bits per heavy atom. The molecule has 0 spiro atoms. The third-order valence-corrected chi connectivity index (χ3v) is 4.96. The molecule has 1 aromatic rings. The van der Waals surface area contributed by atoms with Crippen LogP contribution in [0.25, 0.3) is 0 Å². The first-order valence-electron chi connectivity index (χ1n) is 9.00. The van der Waals surface area contributed by atoms with Crippen LogP contribution in [0, 0.1) is 0 Å². The molecule has 6 heteroatoms. The van der Waals surface area contributed by atoms with Gasteiger partial charge in [-0.3, -0.25) is 14.5 Å². The zero-order valence-corrected chi connectivity index (χ0v) is 15.1. The predicted molar refractivity (Wildman–Crippen MR) is 96.5 cm³/mol. The number of fused-ring (bicyclic) bond motifs is 1. The summed E-state index contributed by atoms with van der Waals surface area (Å²) in [4.78, 5) is 26.9. The molecular weight excluding hydrogens is 318 g/mol. The zero-order valence-electron chi connectivity index (χ0n) is 15.1. The number of carbonyl (C=O) groups excluding carboxylic acids is 2. The average Bonchev–Trinajstić information content (AvgIpc) is 2.57. The Labute approximate surface area is 148 Å². The minimum Gasteiger partial charge on any atom is -0.373 e. The molecule has 1 aromatic carbocycles. The third-order valence-electron chi connectivity index (χ3n) is 4.96. The van der Waals surface area contributed by atoms with Crippen molar-refractivity contribution in [2.45, 2.75) is 51.4 Å². The van der Waals surface area contributed by atoms with Gasteiger partial charge in [0.05, 0.1) is 18.1 Å². The van der Waals surface area contributed by atoms with Crippen LogP contribution in [0.4, 0.5) is 5.69 Å². The van der Waals surface area contributed by atoms with Gasteiger partial charge in [-0.15, -0.1) is 0 Å². The summed E-state index contributed by atoms with van der Waals surface area (Å²) in [6, 6.07) is 7.74. The Morgan fingerprint density at radius 3 is 2.72 bits per heavy atom. The fourth-order valence-electron chi connectivity index (χ4n) is 3.72. The second-order valence-corrected chi connectivity index (χ2v) is 7.20. The first-order valence-corrected chi connectivity index (χ1v) is 9.00. The third kappa shape index (κ3) is 4.19. The highest BCUT2D eigenvalue weighted by atomic mass is 16.5. The number of carbonyl (C=O) groups is 2. The van der Waals surface area contributed by atoms with Gasteiger partial charge in [0.2, 0.25) is 11.8 Å². The SMILES string of the molecule is C[C@@H]1CN([C@H](C)CNC(=O)[C@H]2CC(=O)Nc3ccccc32)C[C@@H](C)O1. The van der Waals surface area contributed by atoms with Crippen LogP contribution in [0.15, 0.2) is 24.3 Å². The molecule has 2 aliphatic rings. The quantitative estimate of drug-likeness (QED) is 0.872.